The third-order valence-corrected chi connectivity index (χ3v) is 5.59. The number of hydrogen-bond donors (Lipinski definition) is 2. The first-order valence-electron chi connectivity index (χ1n) is 12.2. The Morgan fingerprint density at radius 3 is 2.29 bits per heavy atom. The maximum Gasteiger partial charge on any atom is 0.163 e. The maximum atomic E-state index is 13.4. The highest BCUT2D eigenvalue weighted by Crippen LogP contribution is 2.41. The molecule has 1 aliphatic rings. The second-order valence-electron chi connectivity index (χ2n) is 8.42. The van der Waals surface area contributed by atoms with Crippen molar-refractivity contribution in [2.45, 2.75) is 67.3 Å². The molecular formula is C28H44Cl2N2O3. The zero-order chi connectivity index (χ0) is 27.0. The van der Waals surface area contributed by atoms with Crippen LogP contribution in [-0.2, 0) is 14.3 Å². The number of hydrogen-bond acceptors (Lipinski definition) is 5. The molecular weight excluding hydrogens is 483 g/mol. The van der Waals surface area contributed by atoms with Gasteiger partial charge in [0.15, 0.2) is 5.78 Å². The summed E-state index contributed by atoms with van der Waals surface area (Å²) >= 11 is 12.7. The number of carbonyl (C=O) groups excluding carboxylic acids is 1. The van der Waals surface area contributed by atoms with Gasteiger partial charge in [-0.1, -0.05) is 70.8 Å². The quantitative estimate of drug-likeness (QED) is 0.328. The first-order chi connectivity index (χ1) is 16.7. The molecule has 0 saturated heterocycles. The molecule has 0 saturated carbocycles. The van der Waals surface area contributed by atoms with Crippen molar-refractivity contribution in [1.29, 1.82) is 0 Å². The van der Waals surface area contributed by atoms with Gasteiger partial charge in [0.2, 0.25) is 0 Å². The van der Waals surface area contributed by atoms with Crippen LogP contribution in [0.1, 0.15) is 72.9 Å². The predicted octanol–water partition coefficient (Wildman–Crippen LogP) is 7.62. The van der Waals surface area contributed by atoms with Crippen molar-refractivity contribution in [1.82, 2.24) is 10.6 Å². The minimum atomic E-state index is -0.431. The van der Waals surface area contributed by atoms with Crippen molar-refractivity contribution in [2.75, 3.05) is 27.4 Å². The normalized spacial score (nSPS) is 16.2. The number of rotatable bonds is 10. The minimum Gasteiger partial charge on any atom is -0.381 e. The summed E-state index contributed by atoms with van der Waals surface area (Å²) in [6.45, 7) is 15.1. The molecule has 0 spiro atoms. The van der Waals surface area contributed by atoms with Crippen LogP contribution in [0, 0.1) is 5.41 Å². The summed E-state index contributed by atoms with van der Waals surface area (Å²) in [5.41, 5.74) is 3.13. The Bertz CT molecular complexity index is 877. The van der Waals surface area contributed by atoms with Crippen molar-refractivity contribution in [3.05, 3.63) is 69.1 Å². The van der Waals surface area contributed by atoms with Gasteiger partial charge < -0.3 is 20.1 Å². The molecule has 198 valence electrons. The van der Waals surface area contributed by atoms with Gasteiger partial charge >= 0.3 is 0 Å². The van der Waals surface area contributed by atoms with Crippen LogP contribution in [0.2, 0.25) is 10.0 Å². The predicted molar refractivity (Wildman–Crippen MR) is 150 cm³/mol. The fourth-order valence-electron chi connectivity index (χ4n) is 3.65. The van der Waals surface area contributed by atoms with Crippen LogP contribution < -0.4 is 10.6 Å². The number of carbonyl (C=O) groups is 1. The van der Waals surface area contributed by atoms with Gasteiger partial charge in [-0.3, -0.25) is 4.79 Å². The van der Waals surface area contributed by atoms with Gasteiger partial charge in [-0.2, -0.15) is 0 Å². The van der Waals surface area contributed by atoms with E-state index in [-0.39, 0.29) is 11.2 Å². The van der Waals surface area contributed by atoms with Crippen molar-refractivity contribution >= 4 is 29.0 Å². The summed E-state index contributed by atoms with van der Waals surface area (Å²) < 4.78 is 10.2. The fourth-order valence-corrected chi connectivity index (χ4v) is 4.17. The number of Topliss-reactive ketones (excluding diaryl/α,β-unsaturated/α-hetero) is 1. The van der Waals surface area contributed by atoms with E-state index in [0.29, 0.717) is 35.3 Å². The molecule has 0 radical (unpaired) electrons. The molecule has 0 aromatic heterocycles. The van der Waals surface area contributed by atoms with E-state index in [1.54, 1.807) is 32.6 Å². The van der Waals surface area contributed by atoms with E-state index in [1.807, 2.05) is 52.8 Å². The Morgan fingerprint density at radius 1 is 1.09 bits per heavy atom. The average molecular weight is 528 g/mol. The molecule has 1 atom stereocenters. The van der Waals surface area contributed by atoms with Crippen molar-refractivity contribution < 1.29 is 14.3 Å². The lowest BCUT2D eigenvalue weighted by Crippen LogP contribution is -2.36. The SMILES string of the molecule is CC.CC.COC/C=C/NC(C1=C(N/C(C)=C/COC)CC(C)(C)CC1=O)c1ccc(Cl)cc1Cl. The van der Waals surface area contributed by atoms with Crippen molar-refractivity contribution in [2.24, 2.45) is 5.41 Å². The van der Waals surface area contributed by atoms with Gasteiger partial charge in [-0.15, -0.1) is 0 Å². The number of halogens is 2. The lowest BCUT2D eigenvalue weighted by Gasteiger charge is -2.36. The molecule has 5 nitrogen and oxygen atoms in total. The lowest BCUT2D eigenvalue weighted by atomic mass is 9.73. The summed E-state index contributed by atoms with van der Waals surface area (Å²) in [7, 11) is 3.28. The molecule has 1 aliphatic carbocycles. The third kappa shape index (κ3) is 11.2. The number of nitrogens with one attached hydrogen (secondary N) is 2. The largest absolute Gasteiger partial charge is 0.381 e. The second-order valence-corrected chi connectivity index (χ2v) is 9.27. The van der Waals surface area contributed by atoms with Gasteiger partial charge in [-0.05, 0) is 54.8 Å². The molecule has 7 heteroatoms. The van der Waals surface area contributed by atoms with E-state index in [9.17, 15) is 4.79 Å². The Balaban J connectivity index is 0.00000274. The van der Waals surface area contributed by atoms with Crippen LogP contribution in [-0.4, -0.2) is 33.2 Å². The maximum absolute atomic E-state index is 13.4. The smallest absolute Gasteiger partial charge is 0.163 e. The summed E-state index contributed by atoms with van der Waals surface area (Å²) in [6, 6.07) is 4.91. The highest BCUT2D eigenvalue weighted by atomic mass is 35.5. The van der Waals surface area contributed by atoms with Crippen LogP contribution in [0.4, 0.5) is 0 Å². The van der Waals surface area contributed by atoms with Gasteiger partial charge in [-0.25, -0.2) is 0 Å². The van der Waals surface area contributed by atoms with Gasteiger partial charge in [0, 0.05) is 47.7 Å². The van der Waals surface area contributed by atoms with E-state index in [2.05, 4.69) is 24.5 Å². The molecule has 1 aromatic carbocycles. The van der Waals surface area contributed by atoms with E-state index >= 15 is 0 Å². The Morgan fingerprint density at radius 2 is 1.71 bits per heavy atom. The zero-order valence-corrected chi connectivity index (χ0v) is 24.4. The fraction of sp³-hybridized carbons (Fsp3) is 0.536. The van der Waals surface area contributed by atoms with Crippen LogP contribution in [0.3, 0.4) is 0 Å². The average Bonchev–Trinajstić information content (AvgIpc) is 2.81. The molecule has 2 N–H and O–H groups in total. The van der Waals surface area contributed by atoms with Crippen LogP contribution in [0.25, 0.3) is 0 Å². The van der Waals surface area contributed by atoms with Gasteiger partial charge in [0.1, 0.15) is 0 Å². The van der Waals surface area contributed by atoms with E-state index in [1.165, 1.54) is 0 Å². The molecule has 0 amide bonds. The molecule has 0 fully saturated rings. The van der Waals surface area contributed by atoms with Crippen LogP contribution in [0.15, 0.2) is 53.5 Å². The summed E-state index contributed by atoms with van der Waals surface area (Å²) in [6.07, 6.45) is 6.79. The second kappa shape index (κ2) is 17.6. The van der Waals surface area contributed by atoms with E-state index in [0.717, 1.165) is 23.4 Å². The molecule has 0 bridgehead atoms. The van der Waals surface area contributed by atoms with Crippen LogP contribution >= 0.6 is 23.2 Å². The monoisotopic (exact) mass is 526 g/mol. The Hall–Kier alpha value is -1.79. The molecule has 0 aliphatic heterocycles. The van der Waals surface area contributed by atoms with Gasteiger partial charge in [0.25, 0.3) is 0 Å². The topological polar surface area (TPSA) is 59.6 Å². The summed E-state index contributed by atoms with van der Waals surface area (Å²) in [5, 5.41) is 7.86. The van der Waals surface area contributed by atoms with Crippen molar-refractivity contribution in [3.8, 4) is 0 Å². The molecule has 0 heterocycles. The van der Waals surface area contributed by atoms with E-state index < -0.39 is 6.04 Å². The number of ether oxygens (including phenoxy) is 2. The van der Waals surface area contributed by atoms with Crippen molar-refractivity contribution in [3.63, 3.8) is 0 Å². The minimum absolute atomic E-state index is 0.0851. The number of ketones is 1. The molecule has 1 aromatic rings. The summed E-state index contributed by atoms with van der Waals surface area (Å²) in [4.78, 5) is 13.4. The van der Waals surface area contributed by atoms with Gasteiger partial charge in [0.05, 0.1) is 19.3 Å². The first-order valence-corrected chi connectivity index (χ1v) is 13.0. The number of allylic oxidation sites excluding steroid dienone is 2. The van der Waals surface area contributed by atoms with E-state index in [4.69, 9.17) is 32.7 Å². The highest BCUT2D eigenvalue weighted by molar-refractivity contribution is 6.35. The zero-order valence-electron chi connectivity index (χ0n) is 22.9. The third-order valence-electron chi connectivity index (χ3n) is 5.03. The number of benzene rings is 1. The van der Waals surface area contributed by atoms with Crippen LogP contribution in [0.5, 0.6) is 0 Å². The standard InChI is InChI=1S/C24H32Cl2N2O3.2C2H6/c1-16(9-12-31-5)28-20-14-24(2,3)15-21(29)22(20)23(27-10-6-11-30-4)18-8-7-17(25)13-19(18)26;2*1-2/h6-10,13,23,27-28H,11-12,14-15H2,1-5H3;2*1-2H3/b10-6+,16-9+;;. The molecule has 2 rings (SSSR count). The lowest BCUT2D eigenvalue weighted by molar-refractivity contribution is -0.118. The highest BCUT2D eigenvalue weighted by Gasteiger charge is 2.37. The summed E-state index contributed by atoms with van der Waals surface area (Å²) in [5.74, 6) is 0.0851. The molecule has 1 unspecified atom stereocenters. The Labute approximate surface area is 222 Å². The Kier molecular flexibility index (Phi) is 16.7. The molecule has 35 heavy (non-hydrogen) atoms. The first kappa shape index (κ1) is 33.2. The number of methoxy groups -OCH3 is 2.